The molecule has 0 aliphatic carbocycles. The largest absolute Gasteiger partial charge is 0.450 e. The lowest BCUT2D eigenvalue weighted by atomic mass is 10.1. The SMILES string of the molecule is C=CCNC(=O)c1nc(C(=O)NC2CCN(C(=O)OCC)CC2)c2ccccn12. The average Bonchev–Trinajstić information content (AvgIpc) is 3.12. The summed E-state index contributed by atoms with van der Waals surface area (Å²) in [6.07, 6.45) is 4.20. The third-order valence-corrected chi connectivity index (χ3v) is 4.73. The Bertz CT molecular complexity index is 915. The van der Waals surface area contributed by atoms with Gasteiger partial charge < -0.3 is 20.3 Å². The summed E-state index contributed by atoms with van der Waals surface area (Å²) in [5.41, 5.74) is 0.750. The highest BCUT2D eigenvalue weighted by Crippen LogP contribution is 2.16. The van der Waals surface area contributed by atoms with E-state index >= 15 is 0 Å². The molecule has 0 spiro atoms. The van der Waals surface area contributed by atoms with E-state index in [1.165, 1.54) is 0 Å². The van der Waals surface area contributed by atoms with Gasteiger partial charge in [-0.1, -0.05) is 12.1 Å². The number of piperidine rings is 1. The lowest BCUT2D eigenvalue weighted by Gasteiger charge is -2.31. The molecule has 3 amide bonds. The summed E-state index contributed by atoms with van der Waals surface area (Å²) in [5.74, 6) is -0.580. The van der Waals surface area contributed by atoms with Crippen LogP contribution >= 0.6 is 0 Å². The Morgan fingerprint density at radius 2 is 2.03 bits per heavy atom. The first kappa shape index (κ1) is 20.4. The van der Waals surface area contributed by atoms with Crippen LogP contribution in [0.5, 0.6) is 0 Å². The van der Waals surface area contributed by atoms with Crippen molar-refractivity contribution in [2.45, 2.75) is 25.8 Å². The van der Waals surface area contributed by atoms with Gasteiger partial charge in [0, 0.05) is 31.9 Å². The highest BCUT2D eigenvalue weighted by atomic mass is 16.6. The lowest BCUT2D eigenvalue weighted by Crippen LogP contribution is -2.46. The van der Waals surface area contributed by atoms with Gasteiger partial charge in [0.1, 0.15) is 0 Å². The van der Waals surface area contributed by atoms with Gasteiger partial charge in [0.05, 0.1) is 12.1 Å². The summed E-state index contributed by atoms with van der Waals surface area (Å²) in [7, 11) is 0. The molecule has 3 heterocycles. The zero-order valence-electron chi connectivity index (χ0n) is 16.4. The first-order valence-corrected chi connectivity index (χ1v) is 9.63. The molecule has 2 aromatic rings. The Morgan fingerprint density at radius 3 is 2.72 bits per heavy atom. The van der Waals surface area contributed by atoms with Crippen molar-refractivity contribution in [3.05, 3.63) is 48.6 Å². The van der Waals surface area contributed by atoms with Gasteiger partial charge in [-0.2, -0.15) is 0 Å². The van der Waals surface area contributed by atoms with Crippen molar-refractivity contribution in [3.8, 4) is 0 Å². The van der Waals surface area contributed by atoms with Crippen LogP contribution in [-0.2, 0) is 4.74 Å². The summed E-state index contributed by atoms with van der Waals surface area (Å²) in [4.78, 5) is 43.0. The average molecular weight is 399 g/mol. The normalized spacial score (nSPS) is 14.4. The van der Waals surface area contributed by atoms with Crippen LogP contribution in [0.15, 0.2) is 37.1 Å². The molecule has 2 aromatic heterocycles. The van der Waals surface area contributed by atoms with Crippen LogP contribution in [0, 0.1) is 0 Å². The monoisotopic (exact) mass is 399 g/mol. The topological polar surface area (TPSA) is 105 Å². The van der Waals surface area contributed by atoms with E-state index in [9.17, 15) is 14.4 Å². The number of imidazole rings is 1. The first-order chi connectivity index (χ1) is 14.0. The molecule has 0 radical (unpaired) electrons. The standard InChI is InChI=1S/C20H25N5O4/c1-3-10-21-19(27)17-23-16(15-7-5-6-11-25(15)17)18(26)22-14-8-12-24(13-9-14)20(28)29-4-2/h3,5-7,11,14H,1,4,8-10,12-13H2,2H3,(H,21,27)(H,22,26). The zero-order valence-corrected chi connectivity index (χ0v) is 16.4. The Morgan fingerprint density at radius 1 is 1.28 bits per heavy atom. The molecule has 0 bridgehead atoms. The molecule has 0 unspecified atom stereocenters. The second-order valence-corrected chi connectivity index (χ2v) is 6.67. The van der Waals surface area contributed by atoms with E-state index in [4.69, 9.17) is 4.74 Å². The number of ether oxygens (including phenoxy) is 1. The zero-order chi connectivity index (χ0) is 20.8. The molecule has 0 aromatic carbocycles. The number of amides is 3. The number of nitrogens with one attached hydrogen (secondary N) is 2. The second kappa shape index (κ2) is 9.22. The van der Waals surface area contributed by atoms with Gasteiger partial charge in [-0.3, -0.25) is 14.0 Å². The van der Waals surface area contributed by atoms with Crippen molar-refractivity contribution in [2.24, 2.45) is 0 Å². The molecule has 1 saturated heterocycles. The number of hydrogen-bond acceptors (Lipinski definition) is 5. The Kier molecular flexibility index (Phi) is 6.48. The Balaban J connectivity index is 1.71. The fourth-order valence-corrected chi connectivity index (χ4v) is 3.28. The minimum Gasteiger partial charge on any atom is -0.450 e. The number of aromatic nitrogens is 2. The molecule has 154 valence electrons. The maximum Gasteiger partial charge on any atom is 0.409 e. The van der Waals surface area contributed by atoms with E-state index in [0.717, 1.165) is 0 Å². The van der Waals surface area contributed by atoms with E-state index in [1.807, 2.05) is 0 Å². The molecule has 0 atom stereocenters. The number of hydrogen-bond donors (Lipinski definition) is 2. The quantitative estimate of drug-likeness (QED) is 0.718. The summed E-state index contributed by atoms with van der Waals surface area (Å²) < 4.78 is 6.61. The fourth-order valence-electron chi connectivity index (χ4n) is 3.28. The number of nitrogens with zero attached hydrogens (tertiary/aromatic N) is 3. The third-order valence-electron chi connectivity index (χ3n) is 4.73. The van der Waals surface area contributed by atoms with Crippen molar-refractivity contribution in [1.29, 1.82) is 0 Å². The van der Waals surface area contributed by atoms with Gasteiger partial charge in [0.15, 0.2) is 5.69 Å². The molecular weight excluding hydrogens is 374 g/mol. The number of fused-ring (bicyclic) bond motifs is 1. The molecule has 1 aliphatic rings. The lowest BCUT2D eigenvalue weighted by molar-refractivity contribution is 0.0858. The van der Waals surface area contributed by atoms with Crippen LogP contribution in [0.25, 0.3) is 5.52 Å². The first-order valence-electron chi connectivity index (χ1n) is 9.63. The molecule has 1 aliphatic heterocycles. The maximum atomic E-state index is 12.9. The molecular formula is C20H25N5O4. The molecule has 3 rings (SSSR count). The van der Waals surface area contributed by atoms with Crippen LogP contribution in [0.3, 0.4) is 0 Å². The third kappa shape index (κ3) is 4.56. The van der Waals surface area contributed by atoms with Gasteiger partial charge in [0.25, 0.3) is 11.8 Å². The predicted octanol–water partition coefficient (Wildman–Crippen LogP) is 1.60. The number of rotatable bonds is 6. The van der Waals surface area contributed by atoms with Crippen molar-refractivity contribution in [2.75, 3.05) is 26.2 Å². The van der Waals surface area contributed by atoms with Crippen molar-refractivity contribution in [1.82, 2.24) is 24.9 Å². The fraction of sp³-hybridized carbons (Fsp3) is 0.400. The van der Waals surface area contributed by atoms with Crippen LogP contribution in [0.2, 0.25) is 0 Å². The highest BCUT2D eigenvalue weighted by molar-refractivity contribution is 6.02. The molecule has 29 heavy (non-hydrogen) atoms. The van der Waals surface area contributed by atoms with Gasteiger partial charge in [0.2, 0.25) is 5.82 Å². The number of likely N-dealkylation sites (tertiary alicyclic amines) is 1. The van der Waals surface area contributed by atoms with E-state index in [-0.39, 0.29) is 35.5 Å². The van der Waals surface area contributed by atoms with Gasteiger partial charge >= 0.3 is 6.09 Å². The predicted molar refractivity (Wildman–Crippen MR) is 107 cm³/mol. The van der Waals surface area contributed by atoms with Crippen LogP contribution < -0.4 is 10.6 Å². The van der Waals surface area contributed by atoms with E-state index in [2.05, 4.69) is 22.2 Å². The highest BCUT2D eigenvalue weighted by Gasteiger charge is 2.27. The summed E-state index contributed by atoms with van der Waals surface area (Å²) in [6, 6.07) is 5.23. The summed E-state index contributed by atoms with van der Waals surface area (Å²) in [6.45, 7) is 7.02. The Hall–Kier alpha value is -3.36. The van der Waals surface area contributed by atoms with E-state index in [0.29, 0.717) is 44.6 Å². The van der Waals surface area contributed by atoms with E-state index in [1.54, 1.807) is 46.7 Å². The van der Waals surface area contributed by atoms with E-state index < -0.39 is 0 Å². The van der Waals surface area contributed by atoms with Gasteiger partial charge in [-0.05, 0) is 31.9 Å². The smallest absolute Gasteiger partial charge is 0.409 e. The summed E-state index contributed by atoms with van der Waals surface area (Å²) in [5, 5.41) is 5.65. The number of carbonyl (C=O) groups excluding carboxylic acids is 3. The van der Waals surface area contributed by atoms with Crippen LogP contribution in [-0.4, -0.2) is 64.5 Å². The van der Waals surface area contributed by atoms with Crippen molar-refractivity contribution in [3.63, 3.8) is 0 Å². The summed E-state index contributed by atoms with van der Waals surface area (Å²) >= 11 is 0. The molecule has 9 heteroatoms. The molecule has 9 nitrogen and oxygen atoms in total. The molecule has 0 saturated carbocycles. The Labute approximate surface area is 168 Å². The van der Waals surface area contributed by atoms with Crippen LogP contribution in [0.4, 0.5) is 4.79 Å². The van der Waals surface area contributed by atoms with Crippen molar-refractivity contribution < 1.29 is 19.1 Å². The minimum absolute atomic E-state index is 0.0771. The van der Waals surface area contributed by atoms with Crippen LogP contribution in [0.1, 0.15) is 40.9 Å². The molecule has 2 N–H and O–H groups in total. The van der Waals surface area contributed by atoms with Crippen molar-refractivity contribution >= 4 is 23.4 Å². The number of pyridine rings is 1. The minimum atomic E-state index is -0.382. The number of carbonyl (C=O) groups is 3. The second-order valence-electron chi connectivity index (χ2n) is 6.67. The maximum absolute atomic E-state index is 12.9. The van der Waals surface area contributed by atoms with Gasteiger partial charge in [-0.25, -0.2) is 9.78 Å². The molecule has 1 fully saturated rings. The van der Waals surface area contributed by atoms with Gasteiger partial charge in [-0.15, -0.1) is 6.58 Å².